The number of amides is 1. The fourth-order valence-electron chi connectivity index (χ4n) is 1.96. The summed E-state index contributed by atoms with van der Waals surface area (Å²) in [7, 11) is 0. The van der Waals surface area contributed by atoms with E-state index in [1.165, 1.54) is 4.88 Å². The second-order valence-corrected chi connectivity index (χ2v) is 7.12. The lowest BCUT2D eigenvalue weighted by Crippen LogP contribution is -2.40. The molecule has 0 radical (unpaired) electrons. The van der Waals surface area contributed by atoms with Gasteiger partial charge in [0.1, 0.15) is 0 Å². The molecule has 2 rings (SSSR count). The van der Waals surface area contributed by atoms with Crippen molar-refractivity contribution in [2.45, 2.75) is 19.8 Å². The van der Waals surface area contributed by atoms with E-state index in [4.69, 9.17) is 0 Å². The van der Waals surface area contributed by atoms with Gasteiger partial charge in [-0.1, -0.05) is 13.0 Å². The molecule has 2 N–H and O–H groups in total. The monoisotopic (exact) mass is 309 g/mol. The van der Waals surface area contributed by atoms with Gasteiger partial charge in [-0.05, 0) is 40.3 Å². The van der Waals surface area contributed by atoms with Crippen molar-refractivity contribution in [3.63, 3.8) is 0 Å². The van der Waals surface area contributed by atoms with Crippen LogP contribution in [0, 0.1) is 5.41 Å². The predicted molar refractivity (Wildman–Crippen MR) is 84.2 cm³/mol. The molecule has 0 aliphatic carbocycles. The Morgan fingerprint density at radius 1 is 1.40 bits per heavy atom. The molecule has 1 unspecified atom stereocenters. The van der Waals surface area contributed by atoms with Crippen molar-refractivity contribution >= 4 is 28.6 Å². The van der Waals surface area contributed by atoms with Crippen LogP contribution >= 0.6 is 22.7 Å². The van der Waals surface area contributed by atoms with E-state index in [9.17, 15) is 9.90 Å². The second-order valence-electron chi connectivity index (χ2n) is 5.31. The maximum Gasteiger partial charge on any atom is 0.224 e. The van der Waals surface area contributed by atoms with Gasteiger partial charge in [-0.15, -0.1) is 11.3 Å². The van der Waals surface area contributed by atoms with Crippen molar-refractivity contribution < 1.29 is 9.90 Å². The summed E-state index contributed by atoms with van der Waals surface area (Å²) < 4.78 is 0. The Morgan fingerprint density at radius 3 is 2.85 bits per heavy atom. The van der Waals surface area contributed by atoms with Gasteiger partial charge in [0.15, 0.2) is 0 Å². The normalized spacial score (nSPS) is 13.9. The van der Waals surface area contributed by atoms with Crippen molar-refractivity contribution in [2.75, 3.05) is 13.2 Å². The van der Waals surface area contributed by atoms with E-state index < -0.39 is 0 Å². The first kappa shape index (κ1) is 15.2. The van der Waals surface area contributed by atoms with Gasteiger partial charge in [-0.2, -0.15) is 11.3 Å². The van der Waals surface area contributed by atoms with Gasteiger partial charge < -0.3 is 10.4 Å². The predicted octanol–water partition coefficient (Wildman–Crippen LogP) is 2.71. The lowest BCUT2D eigenvalue weighted by Gasteiger charge is -2.27. The number of rotatable bonds is 7. The van der Waals surface area contributed by atoms with Crippen LogP contribution in [0.5, 0.6) is 0 Å². The van der Waals surface area contributed by atoms with Crippen LogP contribution in [0.3, 0.4) is 0 Å². The average Bonchev–Trinajstić information content (AvgIpc) is 3.10. The maximum atomic E-state index is 11.9. The van der Waals surface area contributed by atoms with Crippen LogP contribution in [-0.4, -0.2) is 24.2 Å². The number of nitrogens with one attached hydrogen (secondary N) is 1. The van der Waals surface area contributed by atoms with Crippen LogP contribution in [0.2, 0.25) is 0 Å². The van der Waals surface area contributed by atoms with Crippen LogP contribution in [0.15, 0.2) is 34.3 Å². The van der Waals surface area contributed by atoms with E-state index >= 15 is 0 Å². The SMILES string of the molecule is CC(CO)(CNC(=O)Cc1ccsc1)Cc1cccs1. The molecule has 0 spiro atoms. The van der Waals surface area contributed by atoms with Crippen LogP contribution in [0.25, 0.3) is 0 Å². The van der Waals surface area contributed by atoms with E-state index in [0.717, 1.165) is 12.0 Å². The first-order chi connectivity index (χ1) is 9.61. The minimum Gasteiger partial charge on any atom is -0.396 e. The van der Waals surface area contributed by atoms with Gasteiger partial charge in [0, 0.05) is 16.8 Å². The van der Waals surface area contributed by atoms with Gasteiger partial charge in [-0.3, -0.25) is 4.79 Å². The second kappa shape index (κ2) is 7.02. The number of hydrogen-bond donors (Lipinski definition) is 2. The topological polar surface area (TPSA) is 49.3 Å². The number of aliphatic hydroxyl groups is 1. The highest BCUT2D eigenvalue weighted by molar-refractivity contribution is 7.09. The fourth-order valence-corrected chi connectivity index (χ4v) is 3.55. The quantitative estimate of drug-likeness (QED) is 0.826. The molecule has 0 bridgehead atoms. The molecule has 0 fully saturated rings. The molecule has 1 atom stereocenters. The van der Waals surface area contributed by atoms with Crippen molar-refractivity contribution in [3.05, 3.63) is 44.8 Å². The number of thiophene rings is 2. The van der Waals surface area contributed by atoms with Crippen molar-refractivity contribution in [1.82, 2.24) is 5.32 Å². The summed E-state index contributed by atoms with van der Waals surface area (Å²) >= 11 is 3.27. The molecule has 2 aromatic heterocycles. The number of carbonyl (C=O) groups is 1. The van der Waals surface area contributed by atoms with E-state index in [0.29, 0.717) is 13.0 Å². The Balaban J connectivity index is 1.84. The molecule has 0 saturated heterocycles. The zero-order chi connectivity index (χ0) is 14.4. The van der Waals surface area contributed by atoms with E-state index in [1.807, 2.05) is 35.2 Å². The Bertz CT molecular complexity index is 522. The minimum atomic E-state index is -0.310. The Labute approximate surface area is 127 Å². The number of carbonyl (C=O) groups excluding carboxylic acids is 1. The molecule has 20 heavy (non-hydrogen) atoms. The van der Waals surface area contributed by atoms with E-state index in [2.05, 4.69) is 11.4 Å². The van der Waals surface area contributed by atoms with Gasteiger partial charge in [0.2, 0.25) is 5.91 Å². The van der Waals surface area contributed by atoms with Gasteiger partial charge in [0.05, 0.1) is 13.0 Å². The summed E-state index contributed by atoms with van der Waals surface area (Å²) in [5, 5.41) is 18.5. The van der Waals surface area contributed by atoms with Crippen LogP contribution < -0.4 is 5.32 Å². The first-order valence-corrected chi connectivity index (χ1v) is 8.34. The zero-order valence-corrected chi connectivity index (χ0v) is 13.1. The average molecular weight is 309 g/mol. The third-order valence-electron chi connectivity index (χ3n) is 3.22. The van der Waals surface area contributed by atoms with E-state index in [-0.39, 0.29) is 17.9 Å². The van der Waals surface area contributed by atoms with Gasteiger partial charge in [-0.25, -0.2) is 0 Å². The molecule has 1 amide bonds. The molecule has 5 heteroatoms. The van der Waals surface area contributed by atoms with Crippen LogP contribution in [0.1, 0.15) is 17.4 Å². The number of aliphatic hydroxyl groups excluding tert-OH is 1. The summed E-state index contributed by atoms with van der Waals surface area (Å²) in [5.41, 5.74) is 0.728. The fraction of sp³-hybridized carbons (Fsp3) is 0.400. The Morgan fingerprint density at radius 2 is 2.25 bits per heavy atom. The summed E-state index contributed by atoms with van der Waals surface area (Å²) in [6, 6.07) is 6.03. The molecule has 108 valence electrons. The molecular formula is C15H19NO2S2. The number of hydrogen-bond acceptors (Lipinski definition) is 4. The third-order valence-corrected chi connectivity index (χ3v) is 4.83. The minimum absolute atomic E-state index is 0.00857. The highest BCUT2D eigenvalue weighted by atomic mass is 32.1. The zero-order valence-electron chi connectivity index (χ0n) is 11.5. The third kappa shape index (κ3) is 4.44. The van der Waals surface area contributed by atoms with Crippen molar-refractivity contribution in [1.29, 1.82) is 0 Å². The van der Waals surface area contributed by atoms with Gasteiger partial charge >= 0.3 is 0 Å². The molecule has 2 heterocycles. The molecular weight excluding hydrogens is 290 g/mol. The lowest BCUT2D eigenvalue weighted by atomic mass is 9.87. The molecule has 0 aliphatic rings. The van der Waals surface area contributed by atoms with Crippen molar-refractivity contribution in [2.24, 2.45) is 5.41 Å². The Hall–Kier alpha value is -1.17. The molecule has 2 aromatic rings. The van der Waals surface area contributed by atoms with Gasteiger partial charge in [0.25, 0.3) is 0 Å². The summed E-state index contributed by atoms with van der Waals surface area (Å²) in [6.45, 7) is 2.55. The summed E-state index contributed by atoms with van der Waals surface area (Å²) in [4.78, 5) is 13.1. The molecule has 0 aromatic carbocycles. The summed E-state index contributed by atoms with van der Waals surface area (Å²) in [6.07, 6.45) is 1.18. The molecule has 0 aliphatic heterocycles. The standard InChI is InChI=1S/C15H19NO2S2/c1-15(11-17,8-13-3-2-5-20-13)10-16-14(18)7-12-4-6-19-9-12/h2-6,9,17H,7-8,10-11H2,1H3,(H,16,18). The van der Waals surface area contributed by atoms with Crippen LogP contribution in [-0.2, 0) is 17.6 Å². The maximum absolute atomic E-state index is 11.9. The first-order valence-electron chi connectivity index (χ1n) is 6.52. The molecule has 3 nitrogen and oxygen atoms in total. The largest absolute Gasteiger partial charge is 0.396 e. The smallest absolute Gasteiger partial charge is 0.224 e. The van der Waals surface area contributed by atoms with Crippen LogP contribution in [0.4, 0.5) is 0 Å². The Kier molecular flexibility index (Phi) is 5.34. The van der Waals surface area contributed by atoms with Crippen molar-refractivity contribution in [3.8, 4) is 0 Å². The summed E-state index contributed by atoms with van der Waals surface area (Å²) in [5.74, 6) is 0.00857. The lowest BCUT2D eigenvalue weighted by molar-refractivity contribution is -0.121. The van der Waals surface area contributed by atoms with E-state index in [1.54, 1.807) is 22.7 Å². The molecule has 0 saturated carbocycles. The highest BCUT2D eigenvalue weighted by Crippen LogP contribution is 2.24. The highest BCUT2D eigenvalue weighted by Gasteiger charge is 2.25.